The Labute approximate surface area is 134 Å². The van der Waals surface area contributed by atoms with Gasteiger partial charge in [0.25, 0.3) is 0 Å². The van der Waals surface area contributed by atoms with Gasteiger partial charge in [0.05, 0.1) is 18.1 Å². The van der Waals surface area contributed by atoms with Crippen LogP contribution in [0.5, 0.6) is 11.5 Å². The van der Waals surface area contributed by atoms with Gasteiger partial charge >= 0.3 is 5.63 Å². The third kappa shape index (κ3) is 3.21. The molecule has 3 aromatic rings. The topological polar surface area (TPSA) is 59.7 Å². The third-order valence-corrected chi connectivity index (χ3v) is 3.93. The summed E-state index contributed by atoms with van der Waals surface area (Å²) in [4.78, 5) is 12.0. The molecule has 1 aromatic heterocycles. The van der Waals surface area contributed by atoms with E-state index in [1.807, 2.05) is 30.3 Å². The van der Waals surface area contributed by atoms with Crippen LogP contribution >= 0.6 is 0 Å². The van der Waals surface area contributed by atoms with Gasteiger partial charge in [0, 0.05) is 0 Å². The normalized spacial score (nSPS) is 10.8. The molecule has 2 aromatic carbocycles. The Morgan fingerprint density at radius 1 is 1.04 bits per heavy atom. The quantitative estimate of drug-likeness (QED) is 0.730. The van der Waals surface area contributed by atoms with Crippen LogP contribution in [0.25, 0.3) is 11.0 Å². The second-order valence-electron chi connectivity index (χ2n) is 5.41. The van der Waals surface area contributed by atoms with Crippen molar-refractivity contribution in [1.29, 1.82) is 0 Å². The van der Waals surface area contributed by atoms with Crippen molar-refractivity contribution in [2.24, 2.45) is 0 Å². The Morgan fingerprint density at radius 2 is 1.78 bits per heavy atom. The third-order valence-electron chi connectivity index (χ3n) is 3.93. The number of aromatic hydroxyl groups is 1. The first kappa shape index (κ1) is 15.2. The van der Waals surface area contributed by atoms with Gasteiger partial charge in [-0.3, -0.25) is 0 Å². The van der Waals surface area contributed by atoms with E-state index in [1.54, 1.807) is 25.3 Å². The number of rotatable bonds is 5. The summed E-state index contributed by atoms with van der Waals surface area (Å²) in [6.07, 6.45) is 2.05. The van der Waals surface area contributed by atoms with E-state index in [2.05, 4.69) is 0 Å². The largest absolute Gasteiger partial charge is 0.507 e. The Balaban J connectivity index is 1.75. The van der Waals surface area contributed by atoms with Gasteiger partial charge in [0.15, 0.2) is 0 Å². The SMILES string of the molecule is COc1ccc(CCCc2c(O)c3ccccc3oc2=O)cc1. The number of fused-ring (bicyclic) bond motifs is 1. The zero-order valence-electron chi connectivity index (χ0n) is 12.9. The molecule has 0 bridgehead atoms. The van der Waals surface area contributed by atoms with Gasteiger partial charge in [0.2, 0.25) is 0 Å². The molecule has 0 saturated carbocycles. The van der Waals surface area contributed by atoms with Crippen LogP contribution in [0.15, 0.2) is 57.7 Å². The molecule has 0 spiro atoms. The average molecular weight is 310 g/mol. The van der Waals surface area contributed by atoms with Crippen molar-refractivity contribution in [3.63, 3.8) is 0 Å². The Morgan fingerprint density at radius 3 is 2.52 bits per heavy atom. The highest BCUT2D eigenvalue weighted by molar-refractivity contribution is 5.83. The molecule has 1 heterocycles. The highest BCUT2D eigenvalue weighted by Gasteiger charge is 2.13. The molecule has 0 fully saturated rings. The molecule has 23 heavy (non-hydrogen) atoms. The van der Waals surface area contributed by atoms with Crippen LogP contribution in [-0.4, -0.2) is 12.2 Å². The van der Waals surface area contributed by atoms with E-state index in [0.717, 1.165) is 24.2 Å². The van der Waals surface area contributed by atoms with E-state index in [1.165, 1.54) is 0 Å². The van der Waals surface area contributed by atoms with Crippen molar-refractivity contribution in [2.45, 2.75) is 19.3 Å². The van der Waals surface area contributed by atoms with Crippen molar-refractivity contribution >= 4 is 11.0 Å². The van der Waals surface area contributed by atoms with Gasteiger partial charge in [-0.15, -0.1) is 0 Å². The molecule has 118 valence electrons. The smallest absolute Gasteiger partial charge is 0.343 e. The lowest BCUT2D eigenvalue weighted by Crippen LogP contribution is -2.08. The summed E-state index contributed by atoms with van der Waals surface area (Å²) in [6.45, 7) is 0. The lowest BCUT2D eigenvalue weighted by atomic mass is 10.0. The standard InChI is InChI=1S/C19H18O4/c1-22-14-11-9-13(10-12-14)5-4-7-16-18(20)15-6-2-3-8-17(15)23-19(16)21/h2-3,6,8-12,20H,4-5,7H2,1H3. The first-order chi connectivity index (χ1) is 11.2. The molecule has 0 aliphatic rings. The van der Waals surface area contributed by atoms with Crippen molar-refractivity contribution in [2.75, 3.05) is 7.11 Å². The van der Waals surface area contributed by atoms with E-state index < -0.39 is 5.63 Å². The Hall–Kier alpha value is -2.75. The van der Waals surface area contributed by atoms with Crippen LogP contribution in [0.1, 0.15) is 17.5 Å². The van der Waals surface area contributed by atoms with Crippen LogP contribution < -0.4 is 10.4 Å². The van der Waals surface area contributed by atoms with Crippen LogP contribution in [0, 0.1) is 0 Å². The maximum absolute atomic E-state index is 12.0. The number of aryl methyl sites for hydroxylation is 1. The Bertz CT molecular complexity index is 863. The summed E-state index contributed by atoms with van der Waals surface area (Å²) in [5.41, 5.74) is 1.46. The van der Waals surface area contributed by atoms with E-state index in [9.17, 15) is 9.90 Å². The highest BCUT2D eigenvalue weighted by atomic mass is 16.5. The number of benzene rings is 2. The highest BCUT2D eigenvalue weighted by Crippen LogP contribution is 2.27. The molecule has 0 saturated heterocycles. The average Bonchev–Trinajstić information content (AvgIpc) is 2.58. The summed E-state index contributed by atoms with van der Waals surface area (Å²) < 4.78 is 10.4. The van der Waals surface area contributed by atoms with Crippen molar-refractivity contribution < 1.29 is 14.3 Å². The molecule has 0 radical (unpaired) electrons. The molecule has 4 nitrogen and oxygen atoms in total. The summed E-state index contributed by atoms with van der Waals surface area (Å²) in [5, 5.41) is 10.9. The lowest BCUT2D eigenvalue weighted by molar-refractivity contribution is 0.414. The summed E-state index contributed by atoms with van der Waals surface area (Å²) >= 11 is 0. The summed E-state index contributed by atoms with van der Waals surface area (Å²) in [5.74, 6) is 0.855. The minimum absolute atomic E-state index is 0.0339. The lowest BCUT2D eigenvalue weighted by Gasteiger charge is -2.07. The van der Waals surface area contributed by atoms with Crippen LogP contribution in [0.3, 0.4) is 0 Å². The molecular formula is C19H18O4. The zero-order valence-corrected chi connectivity index (χ0v) is 12.9. The van der Waals surface area contributed by atoms with Crippen molar-refractivity contribution in [3.05, 3.63) is 70.1 Å². The van der Waals surface area contributed by atoms with Gasteiger partial charge in [0.1, 0.15) is 17.1 Å². The number of hydrogen-bond acceptors (Lipinski definition) is 4. The molecule has 0 atom stereocenters. The first-order valence-electron chi connectivity index (χ1n) is 7.55. The number of para-hydroxylation sites is 1. The van der Waals surface area contributed by atoms with E-state index in [4.69, 9.17) is 9.15 Å². The summed E-state index contributed by atoms with van der Waals surface area (Å²) in [6, 6.07) is 14.8. The molecule has 1 N–H and O–H groups in total. The maximum Gasteiger partial charge on any atom is 0.343 e. The fourth-order valence-electron chi connectivity index (χ4n) is 2.65. The van der Waals surface area contributed by atoms with Gasteiger partial charge in [-0.05, 0) is 49.1 Å². The minimum atomic E-state index is -0.462. The van der Waals surface area contributed by atoms with E-state index in [0.29, 0.717) is 23.0 Å². The molecule has 0 amide bonds. The summed E-state index contributed by atoms with van der Waals surface area (Å²) in [7, 11) is 1.64. The predicted molar refractivity (Wildman–Crippen MR) is 89.2 cm³/mol. The van der Waals surface area contributed by atoms with Gasteiger partial charge < -0.3 is 14.3 Å². The molecule has 0 aliphatic heterocycles. The van der Waals surface area contributed by atoms with Crippen LogP contribution in [-0.2, 0) is 12.8 Å². The van der Waals surface area contributed by atoms with Crippen LogP contribution in [0.2, 0.25) is 0 Å². The van der Waals surface area contributed by atoms with Gasteiger partial charge in [-0.25, -0.2) is 4.79 Å². The zero-order chi connectivity index (χ0) is 16.2. The predicted octanol–water partition coefficient (Wildman–Crippen LogP) is 3.68. The molecule has 4 heteroatoms. The Kier molecular flexibility index (Phi) is 4.33. The molecule has 3 rings (SSSR count). The van der Waals surface area contributed by atoms with Crippen molar-refractivity contribution in [1.82, 2.24) is 0 Å². The second-order valence-corrected chi connectivity index (χ2v) is 5.41. The monoisotopic (exact) mass is 310 g/mol. The second kappa shape index (κ2) is 6.57. The molecule has 0 unspecified atom stereocenters. The van der Waals surface area contributed by atoms with E-state index in [-0.39, 0.29) is 5.75 Å². The number of ether oxygens (including phenoxy) is 1. The van der Waals surface area contributed by atoms with Crippen molar-refractivity contribution in [3.8, 4) is 11.5 Å². The fourth-order valence-corrected chi connectivity index (χ4v) is 2.65. The van der Waals surface area contributed by atoms with E-state index >= 15 is 0 Å². The van der Waals surface area contributed by atoms with Gasteiger partial charge in [-0.2, -0.15) is 0 Å². The number of methoxy groups -OCH3 is 1. The van der Waals surface area contributed by atoms with Crippen LogP contribution in [0.4, 0.5) is 0 Å². The number of hydrogen-bond donors (Lipinski definition) is 1. The molecule has 0 aliphatic carbocycles. The van der Waals surface area contributed by atoms with Gasteiger partial charge in [-0.1, -0.05) is 24.3 Å². The maximum atomic E-state index is 12.0. The fraction of sp³-hybridized carbons (Fsp3) is 0.211. The first-order valence-corrected chi connectivity index (χ1v) is 7.55. The molecular weight excluding hydrogens is 292 g/mol. The minimum Gasteiger partial charge on any atom is -0.507 e.